The van der Waals surface area contributed by atoms with Gasteiger partial charge < -0.3 is 10.2 Å². The van der Waals surface area contributed by atoms with Crippen LogP contribution in [0.4, 0.5) is 5.69 Å². The van der Waals surface area contributed by atoms with E-state index in [1.54, 1.807) is 12.1 Å². The second-order valence-corrected chi connectivity index (χ2v) is 10.7. The van der Waals surface area contributed by atoms with Crippen molar-refractivity contribution in [3.05, 3.63) is 58.6 Å². The molecule has 2 aliphatic heterocycles. The third-order valence-corrected chi connectivity index (χ3v) is 8.40. The fraction of sp³-hybridized carbons (Fsp3) is 0.435. The Balaban J connectivity index is 1.31. The van der Waals surface area contributed by atoms with E-state index in [9.17, 15) is 13.2 Å². The molecule has 2 aliphatic rings. The van der Waals surface area contributed by atoms with Gasteiger partial charge in [-0.2, -0.15) is 4.31 Å². The molecule has 31 heavy (non-hydrogen) atoms. The maximum Gasteiger partial charge on any atom is 0.243 e. The number of fused-ring (bicyclic) bond motifs is 1. The maximum atomic E-state index is 12.8. The molecule has 2 heterocycles. The zero-order valence-electron chi connectivity index (χ0n) is 17.7. The van der Waals surface area contributed by atoms with Crippen LogP contribution in [0.25, 0.3) is 0 Å². The first kappa shape index (κ1) is 22.1. The number of nitrogens with one attached hydrogen (secondary N) is 1. The lowest BCUT2D eigenvalue weighted by atomic mass is 9.96. The second-order valence-electron chi connectivity index (χ2n) is 8.34. The number of carbonyl (C=O) groups is 1. The van der Waals surface area contributed by atoms with Crippen LogP contribution in [-0.4, -0.2) is 45.3 Å². The minimum Gasteiger partial charge on any atom is -0.374 e. The fourth-order valence-corrected chi connectivity index (χ4v) is 5.99. The molecule has 0 unspecified atom stereocenters. The van der Waals surface area contributed by atoms with Gasteiger partial charge in [0.2, 0.25) is 15.9 Å². The Morgan fingerprint density at radius 2 is 1.81 bits per heavy atom. The molecule has 0 radical (unpaired) electrons. The van der Waals surface area contributed by atoms with Crippen molar-refractivity contribution < 1.29 is 13.2 Å². The van der Waals surface area contributed by atoms with Crippen molar-refractivity contribution in [1.82, 2.24) is 9.62 Å². The van der Waals surface area contributed by atoms with Crippen molar-refractivity contribution in [2.45, 2.75) is 37.1 Å². The van der Waals surface area contributed by atoms with Gasteiger partial charge in [0, 0.05) is 49.9 Å². The highest BCUT2D eigenvalue weighted by Crippen LogP contribution is 2.27. The summed E-state index contributed by atoms with van der Waals surface area (Å²) in [5.41, 5.74) is 3.71. The first-order valence-electron chi connectivity index (χ1n) is 10.7. The Morgan fingerprint density at radius 3 is 2.52 bits per heavy atom. The van der Waals surface area contributed by atoms with Gasteiger partial charge in [-0.05, 0) is 67.1 Å². The van der Waals surface area contributed by atoms with Gasteiger partial charge >= 0.3 is 0 Å². The third kappa shape index (κ3) is 4.89. The van der Waals surface area contributed by atoms with Gasteiger partial charge in [-0.1, -0.05) is 23.7 Å². The molecule has 166 valence electrons. The van der Waals surface area contributed by atoms with E-state index >= 15 is 0 Å². The Morgan fingerprint density at radius 1 is 1.10 bits per heavy atom. The first-order chi connectivity index (χ1) is 14.8. The Labute approximate surface area is 189 Å². The standard InChI is InChI=1S/C23H28ClN3O3S/c1-26-12-2-3-19-15-17(4-9-22(19)26)16-25-23(28)18-10-13-27(14-11-18)31(29,30)21-7-5-20(24)6-8-21/h4-9,15,18H,2-3,10-14,16H2,1H3,(H,25,28). The number of piperidine rings is 1. The summed E-state index contributed by atoms with van der Waals surface area (Å²) in [4.78, 5) is 15.2. The lowest BCUT2D eigenvalue weighted by Crippen LogP contribution is -2.42. The molecule has 0 spiro atoms. The number of halogens is 1. The molecular formula is C23H28ClN3O3S. The minimum absolute atomic E-state index is 0.00150. The molecule has 0 saturated carbocycles. The molecule has 1 amide bonds. The van der Waals surface area contributed by atoms with Crippen LogP contribution < -0.4 is 10.2 Å². The highest BCUT2D eigenvalue weighted by Gasteiger charge is 2.32. The highest BCUT2D eigenvalue weighted by molar-refractivity contribution is 7.89. The molecule has 1 N–H and O–H groups in total. The fourth-order valence-electron chi connectivity index (χ4n) is 4.40. The quantitative estimate of drug-likeness (QED) is 0.740. The van der Waals surface area contributed by atoms with Crippen LogP contribution in [0.5, 0.6) is 0 Å². The molecule has 0 bridgehead atoms. The molecule has 4 rings (SSSR count). The average Bonchev–Trinajstić information content (AvgIpc) is 2.78. The number of sulfonamides is 1. The second kappa shape index (κ2) is 9.18. The summed E-state index contributed by atoms with van der Waals surface area (Å²) in [5, 5.41) is 3.54. The number of carbonyl (C=O) groups excluding carboxylic acids is 1. The summed E-state index contributed by atoms with van der Waals surface area (Å²) in [6.07, 6.45) is 3.26. The van der Waals surface area contributed by atoms with E-state index in [1.807, 2.05) is 0 Å². The highest BCUT2D eigenvalue weighted by atomic mass is 35.5. The number of hydrogen-bond donors (Lipinski definition) is 1. The molecular weight excluding hydrogens is 434 g/mol. The molecule has 0 atom stereocenters. The molecule has 2 aromatic carbocycles. The molecule has 1 fully saturated rings. The SMILES string of the molecule is CN1CCCc2cc(CNC(=O)C3CCN(S(=O)(=O)c4ccc(Cl)cc4)CC3)ccc21. The van der Waals surface area contributed by atoms with Crippen LogP contribution in [0.2, 0.25) is 5.02 Å². The molecule has 2 aromatic rings. The largest absolute Gasteiger partial charge is 0.374 e. The summed E-state index contributed by atoms with van der Waals surface area (Å²) in [6, 6.07) is 12.6. The van der Waals surface area contributed by atoms with Crippen LogP contribution >= 0.6 is 11.6 Å². The van der Waals surface area contributed by atoms with E-state index in [0.29, 0.717) is 37.5 Å². The van der Waals surface area contributed by atoms with E-state index in [4.69, 9.17) is 11.6 Å². The lowest BCUT2D eigenvalue weighted by molar-refractivity contribution is -0.126. The Hall–Kier alpha value is -2.09. The van der Waals surface area contributed by atoms with Gasteiger partial charge in [0.25, 0.3) is 0 Å². The summed E-state index contributed by atoms with van der Waals surface area (Å²) in [6.45, 7) is 2.26. The maximum absolute atomic E-state index is 12.8. The van der Waals surface area contributed by atoms with Crippen molar-refractivity contribution in [1.29, 1.82) is 0 Å². The predicted octanol–water partition coefficient (Wildman–Crippen LogP) is 3.44. The Kier molecular flexibility index (Phi) is 6.55. The van der Waals surface area contributed by atoms with Crippen molar-refractivity contribution in [2.75, 3.05) is 31.6 Å². The average molecular weight is 462 g/mol. The summed E-state index contributed by atoms with van der Waals surface area (Å²) < 4.78 is 27.1. The topological polar surface area (TPSA) is 69.7 Å². The molecule has 6 nitrogen and oxygen atoms in total. The molecule has 1 saturated heterocycles. The zero-order valence-corrected chi connectivity index (χ0v) is 19.3. The van der Waals surface area contributed by atoms with Crippen LogP contribution in [0.1, 0.15) is 30.4 Å². The van der Waals surface area contributed by atoms with Crippen molar-refractivity contribution in [2.24, 2.45) is 5.92 Å². The molecule has 0 aliphatic carbocycles. The zero-order chi connectivity index (χ0) is 22.0. The first-order valence-corrected chi connectivity index (χ1v) is 12.5. The van der Waals surface area contributed by atoms with Crippen LogP contribution in [0.15, 0.2) is 47.4 Å². The van der Waals surface area contributed by atoms with Crippen molar-refractivity contribution >= 4 is 33.2 Å². The van der Waals surface area contributed by atoms with E-state index in [0.717, 1.165) is 24.9 Å². The lowest BCUT2D eigenvalue weighted by Gasteiger charge is -2.30. The molecule has 8 heteroatoms. The normalized spacial score (nSPS) is 17.9. The van der Waals surface area contributed by atoms with Gasteiger partial charge in [0.05, 0.1) is 4.90 Å². The van der Waals surface area contributed by atoms with Gasteiger partial charge in [-0.3, -0.25) is 4.79 Å². The van der Waals surface area contributed by atoms with E-state index in [2.05, 4.69) is 35.5 Å². The number of aryl methyl sites for hydroxylation is 1. The van der Waals surface area contributed by atoms with E-state index < -0.39 is 10.0 Å². The van der Waals surface area contributed by atoms with Gasteiger partial charge in [-0.15, -0.1) is 0 Å². The number of nitrogens with zero attached hydrogens (tertiary/aromatic N) is 2. The monoisotopic (exact) mass is 461 g/mol. The van der Waals surface area contributed by atoms with E-state index in [1.165, 1.54) is 27.7 Å². The van der Waals surface area contributed by atoms with Gasteiger partial charge in [0.15, 0.2) is 0 Å². The number of rotatable bonds is 5. The van der Waals surface area contributed by atoms with Gasteiger partial charge in [0.1, 0.15) is 0 Å². The summed E-state index contributed by atoms with van der Waals surface area (Å²) in [5.74, 6) is -0.168. The third-order valence-electron chi connectivity index (χ3n) is 6.24. The number of benzene rings is 2. The van der Waals surface area contributed by atoms with Gasteiger partial charge in [-0.25, -0.2) is 8.42 Å². The predicted molar refractivity (Wildman–Crippen MR) is 123 cm³/mol. The van der Waals surface area contributed by atoms with E-state index in [-0.39, 0.29) is 16.7 Å². The minimum atomic E-state index is -3.56. The van der Waals surface area contributed by atoms with Crippen LogP contribution in [-0.2, 0) is 27.8 Å². The smallest absolute Gasteiger partial charge is 0.243 e. The molecule has 0 aromatic heterocycles. The summed E-state index contributed by atoms with van der Waals surface area (Å²) in [7, 11) is -1.45. The van der Waals surface area contributed by atoms with Crippen molar-refractivity contribution in [3.63, 3.8) is 0 Å². The summed E-state index contributed by atoms with van der Waals surface area (Å²) >= 11 is 5.86. The number of anilines is 1. The van der Waals surface area contributed by atoms with Crippen LogP contribution in [0, 0.1) is 5.92 Å². The number of hydrogen-bond acceptors (Lipinski definition) is 4. The number of amides is 1. The van der Waals surface area contributed by atoms with Crippen molar-refractivity contribution in [3.8, 4) is 0 Å². The van der Waals surface area contributed by atoms with Crippen LogP contribution in [0.3, 0.4) is 0 Å². The Bertz CT molecular complexity index is 1050.